The zero-order valence-corrected chi connectivity index (χ0v) is 24.3. The van der Waals surface area contributed by atoms with Crippen LogP contribution in [0.2, 0.25) is 5.02 Å². The second kappa shape index (κ2) is 9.82. The number of ether oxygens (including phenoxy) is 1. The molecule has 0 atom stereocenters. The van der Waals surface area contributed by atoms with Gasteiger partial charge in [0.1, 0.15) is 23.6 Å². The molecule has 2 fully saturated rings. The van der Waals surface area contributed by atoms with E-state index >= 15 is 0 Å². The molecule has 1 aliphatic carbocycles. The molecule has 8 heteroatoms. The van der Waals surface area contributed by atoms with Gasteiger partial charge in [0.15, 0.2) is 0 Å². The lowest BCUT2D eigenvalue weighted by Gasteiger charge is -2.65. The Morgan fingerprint density at radius 2 is 1.82 bits per heavy atom. The molecule has 39 heavy (non-hydrogen) atoms. The van der Waals surface area contributed by atoms with Crippen molar-refractivity contribution < 1.29 is 9.53 Å². The van der Waals surface area contributed by atoms with Crippen LogP contribution in [0.15, 0.2) is 30.3 Å². The Kier molecular flexibility index (Phi) is 6.92. The van der Waals surface area contributed by atoms with Crippen molar-refractivity contribution in [2.45, 2.75) is 65.8 Å². The number of piperazine rings is 1. The first-order chi connectivity index (χ1) is 18.4. The van der Waals surface area contributed by atoms with E-state index in [1.165, 1.54) is 0 Å². The number of benzene rings is 1. The number of hydrogen-bond acceptors (Lipinski definition) is 6. The molecule has 1 aromatic heterocycles. The van der Waals surface area contributed by atoms with E-state index in [2.05, 4.69) is 69.7 Å². The molecular formula is C31H36ClN5O2. The quantitative estimate of drug-likeness (QED) is 0.571. The topological polar surface area (TPSA) is 81.5 Å². The van der Waals surface area contributed by atoms with Crippen LogP contribution in [0.3, 0.4) is 0 Å². The number of fused-ring (bicyclic) bond motifs is 1. The summed E-state index contributed by atoms with van der Waals surface area (Å²) in [6.07, 6.45) is -0.155. The van der Waals surface area contributed by atoms with Crippen molar-refractivity contribution in [3.63, 3.8) is 0 Å². The van der Waals surface area contributed by atoms with Crippen molar-refractivity contribution in [3.05, 3.63) is 57.9 Å². The van der Waals surface area contributed by atoms with Crippen LogP contribution in [0, 0.1) is 34.0 Å². The fourth-order valence-corrected chi connectivity index (χ4v) is 7.23. The molecule has 3 heterocycles. The predicted molar refractivity (Wildman–Crippen MR) is 151 cm³/mol. The lowest BCUT2D eigenvalue weighted by Crippen LogP contribution is -2.74. The van der Waals surface area contributed by atoms with Crippen LogP contribution in [0.1, 0.15) is 68.9 Å². The third-order valence-corrected chi connectivity index (χ3v) is 8.89. The van der Waals surface area contributed by atoms with Crippen LogP contribution in [0.4, 0.5) is 0 Å². The Morgan fingerprint density at radius 3 is 2.46 bits per heavy atom. The zero-order chi connectivity index (χ0) is 28.2. The monoisotopic (exact) mass is 545 g/mol. The maximum atomic E-state index is 13.6. The van der Waals surface area contributed by atoms with Gasteiger partial charge in [0, 0.05) is 49.1 Å². The van der Waals surface area contributed by atoms with Gasteiger partial charge in [-0.1, -0.05) is 45.2 Å². The third-order valence-electron chi connectivity index (χ3n) is 8.58. The van der Waals surface area contributed by atoms with Gasteiger partial charge in [0.2, 0.25) is 0 Å². The Balaban J connectivity index is 1.33. The molecule has 0 spiro atoms. The van der Waals surface area contributed by atoms with Crippen LogP contribution < -0.4 is 10.1 Å². The Hall–Kier alpha value is -3.10. The minimum absolute atomic E-state index is 0.00386. The maximum Gasteiger partial charge on any atom is 0.256 e. The van der Waals surface area contributed by atoms with Gasteiger partial charge in [-0.2, -0.15) is 5.26 Å². The summed E-state index contributed by atoms with van der Waals surface area (Å²) in [5, 5.41) is 12.9. The van der Waals surface area contributed by atoms with E-state index in [4.69, 9.17) is 21.3 Å². The number of rotatable bonds is 4. The molecular weight excluding hydrogens is 510 g/mol. The molecule has 1 amide bonds. The van der Waals surface area contributed by atoms with Crippen molar-refractivity contribution in [1.82, 2.24) is 20.1 Å². The van der Waals surface area contributed by atoms with Crippen LogP contribution in [0.25, 0.3) is 0 Å². The molecule has 3 aliphatic rings. The summed E-state index contributed by atoms with van der Waals surface area (Å²) < 4.78 is 6.42. The van der Waals surface area contributed by atoms with Gasteiger partial charge in [0.25, 0.3) is 5.91 Å². The first-order valence-electron chi connectivity index (χ1n) is 13.5. The molecule has 0 bridgehead atoms. The number of amides is 1. The molecule has 0 radical (unpaired) electrons. The fourth-order valence-electron chi connectivity index (χ4n) is 7.01. The minimum atomic E-state index is -0.322. The van der Waals surface area contributed by atoms with E-state index in [-0.39, 0.29) is 34.4 Å². The van der Waals surface area contributed by atoms with Gasteiger partial charge in [0.05, 0.1) is 33.9 Å². The SMILES string of the molecule is CC1(C)C(Oc2ccc(C#N)c(Cl)c2)C(C)(C)C1N1Cc2nc(C#CC(C)(C)N3CCNCC3)ccc2C1=O. The molecule has 1 N–H and O–H groups in total. The van der Waals surface area contributed by atoms with Gasteiger partial charge in [-0.15, -0.1) is 0 Å². The summed E-state index contributed by atoms with van der Waals surface area (Å²) in [4.78, 5) is 22.7. The molecule has 5 rings (SSSR count). The largest absolute Gasteiger partial charge is 0.489 e. The molecule has 1 saturated heterocycles. The van der Waals surface area contributed by atoms with Gasteiger partial charge >= 0.3 is 0 Å². The second-order valence-corrected chi connectivity index (χ2v) is 12.9. The van der Waals surface area contributed by atoms with Gasteiger partial charge in [-0.25, -0.2) is 4.98 Å². The van der Waals surface area contributed by atoms with Crippen molar-refractivity contribution in [3.8, 4) is 23.7 Å². The highest BCUT2D eigenvalue weighted by molar-refractivity contribution is 6.31. The average Bonchev–Trinajstić information content (AvgIpc) is 3.20. The van der Waals surface area contributed by atoms with E-state index in [0.29, 0.717) is 34.1 Å². The van der Waals surface area contributed by atoms with E-state index in [9.17, 15) is 10.1 Å². The maximum absolute atomic E-state index is 13.6. The number of nitriles is 1. The summed E-state index contributed by atoms with van der Waals surface area (Å²) in [7, 11) is 0. The number of nitrogens with one attached hydrogen (secondary N) is 1. The molecule has 7 nitrogen and oxygen atoms in total. The summed E-state index contributed by atoms with van der Waals surface area (Å²) in [6, 6.07) is 10.9. The Labute approximate surface area is 236 Å². The molecule has 0 unspecified atom stereocenters. The van der Waals surface area contributed by atoms with Crippen LogP contribution >= 0.6 is 11.6 Å². The normalized spacial score (nSPS) is 23.7. The standard InChI is InChI=1S/C31H36ClN5O2/c1-29(2,36-15-13-34-14-16-36)12-11-21-8-10-23-25(35-21)19-37(26(23)38)27-30(3,4)28(31(27,5)6)39-22-9-7-20(18-33)24(32)17-22/h7-10,17,27-28,34H,13-16,19H2,1-6H3. The summed E-state index contributed by atoms with van der Waals surface area (Å²) in [6.45, 7) is 17.2. The predicted octanol–water partition coefficient (Wildman–Crippen LogP) is 4.48. The zero-order valence-electron chi connectivity index (χ0n) is 23.6. The number of aromatic nitrogens is 1. The number of pyridine rings is 1. The number of halogens is 1. The van der Waals surface area contributed by atoms with Crippen LogP contribution in [0.5, 0.6) is 5.75 Å². The fraction of sp³-hybridized carbons (Fsp3) is 0.516. The highest BCUT2D eigenvalue weighted by Gasteiger charge is 2.67. The lowest BCUT2D eigenvalue weighted by atomic mass is 9.49. The van der Waals surface area contributed by atoms with Crippen molar-refractivity contribution in [1.29, 1.82) is 5.26 Å². The lowest BCUT2D eigenvalue weighted by molar-refractivity contribution is -0.199. The van der Waals surface area contributed by atoms with Gasteiger partial charge < -0.3 is 15.0 Å². The second-order valence-electron chi connectivity index (χ2n) is 12.5. The molecule has 1 aromatic carbocycles. The van der Waals surface area contributed by atoms with E-state index in [1.807, 2.05) is 17.0 Å². The molecule has 2 aromatic rings. The van der Waals surface area contributed by atoms with Crippen molar-refractivity contribution in [2.24, 2.45) is 10.8 Å². The highest BCUT2D eigenvalue weighted by atomic mass is 35.5. The number of nitrogens with zero attached hydrogens (tertiary/aromatic N) is 4. The molecule has 1 saturated carbocycles. The third kappa shape index (κ3) is 4.78. The smallest absolute Gasteiger partial charge is 0.256 e. The molecule has 204 valence electrons. The number of carbonyl (C=O) groups is 1. The summed E-state index contributed by atoms with van der Waals surface area (Å²) in [5.41, 5.74) is 1.64. The Morgan fingerprint density at radius 1 is 1.13 bits per heavy atom. The Bertz CT molecular complexity index is 1390. The number of carbonyl (C=O) groups excluding carboxylic acids is 1. The first-order valence-corrected chi connectivity index (χ1v) is 13.9. The highest BCUT2D eigenvalue weighted by Crippen LogP contribution is 2.59. The van der Waals surface area contributed by atoms with E-state index in [1.54, 1.807) is 18.2 Å². The van der Waals surface area contributed by atoms with E-state index < -0.39 is 0 Å². The van der Waals surface area contributed by atoms with Gasteiger partial charge in [-0.3, -0.25) is 9.69 Å². The van der Waals surface area contributed by atoms with Crippen molar-refractivity contribution in [2.75, 3.05) is 26.2 Å². The van der Waals surface area contributed by atoms with Crippen molar-refractivity contribution >= 4 is 17.5 Å². The summed E-state index contributed by atoms with van der Waals surface area (Å²) >= 11 is 6.24. The first kappa shape index (κ1) is 27.5. The minimum Gasteiger partial charge on any atom is -0.489 e. The van der Waals surface area contributed by atoms with Gasteiger partial charge in [-0.05, 0) is 44.0 Å². The van der Waals surface area contributed by atoms with Crippen LogP contribution in [-0.2, 0) is 6.54 Å². The van der Waals surface area contributed by atoms with Crippen LogP contribution in [-0.4, -0.2) is 64.6 Å². The number of hydrogen-bond donors (Lipinski definition) is 1. The molecule has 2 aliphatic heterocycles. The van der Waals surface area contributed by atoms with E-state index in [0.717, 1.165) is 31.9 Å². The summed E-state index contributed by atoms with van der Waals surface area (Å²) in [5.74, 6) is 7.31. The average molecular weight is 546 g/mol.